The minimum absolute atomic E-state index is 0.0882. The molecule has 0 saturated heterocycles. The highest BCUT2D eigenvalue weighted by Crippen LogP contribution is 2.17. The molecule has 0 aromatic heterocycles. The van der Waals surface area contributed by atoms with E-state index in [1.165, 1.54) is 12.1 Å². The van der Waals surface area contributed by atoms with E-state index in [-0.39, 0.29) is 12.4 Å². The van der Waals surface area contributed by atoms with E-state index in [0.717, 1.165) is 25.7 Å². The maximum absolute atomic E-state index is 10.1. The molecule has 0 fully saturated rings. The van der Waals surface area contributed by atoms with Gasteiger partial charge in [-0.2, -0.15) is 9.90 Å². The Balaban J connectivity index is 2.20. The average molecular weight is 252 g/mol. The van der Waals surface area contributed by atoms with Crippen molar-refractivity contribution in [3.8, 4) is 11.5 Å². The largest absolute Gasteiger partial charge is 0.555 e. The molecule has 98 valence electrons. The average Bonchev–Trinajstić information content (AvgIpc) is 2.35. The quantitative estimate of drug-likeness (QED) is 0.437. The molecule has 0 aliphatic carbocycles. The molecule has 0 heterocycles. The first-order chi connectivity index (χ1) is 8.72. The standard InChI is InChI=1S/C13H16O5/c14-9-3-1-2-4-10-17-11-5-7-12(8-6-11)18-13(15)16/h5-7,14H,1-4,9-10H2. The van der Waals surface area contributed by atoms with Crippen LogP contribution in [0.4, 0.5) is 4.79 Å². The first-order valence-electron chi connectivity index (χ1n) is 5.86. The van der Waals surface area contributed by atoms with Crippen LogP contribution in [0.5, 0.6) is 11.5 Å². The third kappa shape index (κ3) is 6.10. The van der Waals surface area contributed by atoms with Gasteiger partial charge in [0.05, 0.1) is 6.61 Å². The van der Waals surface area contributed by atoms with Crippen LogP contribution in [0.1, 0.15) is 25.7 Å². The summed E-state index contributed by atoms with van der Waals surface area (Å²) in [7, 11) is 0. The number of carbonyl (C=O) groups excluding carboxylic acids is 1. The maximum atomic E-state index is 10.1. The van der Waals surface area contributed by atoms with Crippen LogP contribution in [-0.2, 0) is 5.11 Å². The molecule has 1 aromatic rings. The molecule has 0 aliphatic heterocycles. The van der Waals surface area contributed by atoms with Gasteiger partial charge < -0.3 is 14.6 Å². The number of carbonyl (C=O) groups is 1. The third-order valence-corrected chi connectivity index (χ3v) is 2.27. The van der Waals surface area contributed by atoms with Gasteiger partial charge in [0, 0.05) is 12.7 Å². The second kappa shape index (κ2) is 8.36. The highest BCUT2D eigenvalue weighted by Gasteiger charge is 2.03. The zero-order chi connectivity index (χ0) is 13.2. The van der Waals surface area contributed by atoms with Gasteiger partial charge in [-0.3, -0.25) is 0 Å². The molecular formula is C13H16O5. The van der Waals surface area contributed by atoms with E-state index in [9.17, 15) is 9.90 Å². The van der Waals surface area contributed by atoms with Gasteiger partial charge in [0.2, 0.25) is 0 Å². The molecule has 5 heteroatoms. The molecule has 1 N–H and O–H groups in total. The first-order valence-corrected chi connectivity index (χ1v) is 5.86. The summed E-state index contributed by atoms with van der Waals surface area (Å²) >= 11 is 0. The lowest BCUT2D eigenvalue weighted by molar-refractivity contribution is 0.117. The van der Waals surface area contributed by atoms with Crippen LogP contribution < -0.4 is 9.47 Å². The Bertz CT molecular complexity index is 347. The first kappa shape index (κ1) is 14.3. The lowest BCUT2D eigenvalue weighted by Gasteiger charge is -2.06. The van der Waals surface area contributed by atoms with Crippen molar-refractivity contribution in [2.45, 2.75) is 25.7 Å². The number of aliphatic hydroxyl groups is 1. The molecule has 0 spiro atoms. The molecule has 0 aliphatic rings. The zero-order valence-corrected chi connectivity index (χ0v) is 10.1. The lowest BCUT2D eigenvalue weighted by Crippen LogP contribution is -2.01. The smallest absolute Gasteiger partial charge is 0.494 e. The van der Waals surface area contributed by atoms with Crippen LogP contribution in [0.2, 0.25) is 0 Å². The van der Waals surface area contributed by atoms with Gasteiger partial charge in [-0.05, 0) is 37.5 Å². The topological polar surface area (TPSA) is 75.7 Å². The minimum atomic E-state index is -1.61. The summed E-state index contributed by atoms with van der Waals surface area (Å²) in [5.41, 5.74) is 0. The second-order valence-electron chi connectivity index (χ2n) is 3.73. The van der Waals surface area contributed by atoms with Crippen LogP contribution in [-0.4, -0.2) is 24.5 Å². The minimum Gasteiger partial charge on any atom is -0.494 e. The summed E-state index contributed by atoms with van der Waals surface area (Å²) in [6.45, 7) is 0.815. The predicted molar refractivity (Wildman–Crippen MR) is 63.0 cm³/mol. The third-order valence-electron chi connectivity index (χ3n) is 2.27. The Kier molecular flexibility index (Phi) is 6.64. The number of benzene rings is 1. The van der Waals surface area contributed by atoms with Crippen LogP contribution in [0.25, 0.3) is 0 Å². The molecule has 0 amide bonds. The number of hydrogen-bond acceptors (Lipinski definition) is 4. The monoisotopic (exact) mass is 252 g/mol. The molecule has 0 unspecified atom stereocenters. The van der Waals surface area contributed by atoms with E-state index in [1.807, 2.05) is 0 Å². The summed E-state index contributed by atoms with van der Waals surface area (Å²) in [6.07, 6.45) is 2.13. The SMILES string of the molecule is [O]C(=O)Oc1[c]cc(OCCCCCCO)cc1. The van der Waals surface area contributed by atoms with E-state index in [0.29, 0.717) is 12.4 Å². The molecule has 1 rings (SSSR count). The summed E-state index contributed by atoms with van der Waals surface area (Å²) in [6, 6.07) is 7.22. The summed E-state index contributed by atoms with van der Waals surface area (Å²) < 4.78 is 9.74. The fraction of sp³-hybridized carbons (Fsp3) is 0.462. The van der Waals surface area contributed by atoms with Gasteiger partial charge in [-0.15, -0.1) is 0 Å². The van der Waals surface area contributed by atoms with Crippen molar-refractivity contribution in [3.05, 3.63) is 24.3 Å². The van der Waals surface area contributed by atoms with Crippen molar-refractivity contribution >= 4 is 6.16 Å². The van der Waals surface area contributed by atoms with Crippen molar-refractivity contribution < 1.29 is 24.5 Å². The Morgan fingerprint density at radius 3 is 2.61 bits per heavy atom. The predicted octanol–water partition coefficient (Wildman–Crippen LogP) is 2.35. The maximum Gasteiger partial charge on any atom is 0.555 e. The van der Waals surface area contributed by atoms with E-state index in [4.69, 9.17) is 9.84 Å². The molecule has 18 heavy (non-hydrogen) atoms. The molecule has 0 saturated carbocycles. The number of unbranched alkanes of at least 4 members (excludes halogenated alkanes) is 3. The second-order valence-corrected chi connectivity index (χ2v) is 3.73. The van der Waals surface area contributed by atoms with Gasteiger partial charge >= 0.3 is 6.16 Å². The lowest BCUT2D eigenvalue weighted by atomic mass is 10.2. The normalized spacial score (nSPS) is 10.1. The fourth-order valence-corrected chi connectivity index (χ4v) is 1.40. The highest BCUT2D eigenvalue weighted by molar-refractivity contribution is 5.60. The zero-order valence-electron chi connectivity index (χ0n) is 10.1. The van der Waals surface area contributed by atoms with Crippen LogP contribution in [0, 0.1) is 6.07 Å². The van der Waals surface area contributed by atoms with Gasteiger partial charge in [-0.25, -0.2) is 0 Å². The van der Waals surface area contributed by atoms with Crippen LogP contribution >= 0.6 is 0 Å². The molecular weight excluding hydrogens is 236 g/mol. The van der Waals surface area contributed by atoms with E-state index < -0.39 is 6.16 Å². The molecule has 0 atom stereocenters. The van der Waals surface area contributed by atoms with E-state index >= 15 is 0 Å². The van der Waals surface area contributed by atoms with E-state index in [1.54, 1.807) is 6.07 Å². The summed E-state index contributed by atoms with van der Waals surface area (Å²) in [5, 5.41) is 18.7. The van der Waals surface area contributed by atoms with Crippen molar-refractivity contribution in [1.29, 1.82) is 0 Å². The van der Waals surface area contributed by atoms with Crippen molar-refractivity contribution in [1.82, 2.24) is 0 Å². The summed E-state index contributed by atoms with van der Waals surface area (Å²) in [5.74, 6) is 0.702. The fourth-order valence-electron chi connectivity index (χ4n) is 1.40. The highest BCUT2D eigenvalue weighted by atomic mass is 16.7. The van der Waals surface area contributed by atoms with Crippen molar-refractivity contribution in [3.63, 3.8) is 0 Å². The van der Waals surface area contributed by atoms with Crippen molar-refractivity contribution in [2.24, 2.45) is 0 Å². The molecule has 2 radical (unpaired) electrons. The van der Waals surface area contributed by atoms with Gasteiger partial charge in [0.15, 0.2) is 0 Å². The van der Waals surface area contributed by atoms with Crippen LogP contribution in [0.15, 0.2) is 18.2 Å². The molecule has 5 nitrogen and oxygen atoms in total. The Morgan fingerprint density at radius 2 is 2.00 bits per heavy atom. The van der Waals surface area contributed by atoms with Gasteiger partial charge in [-0.1, -0.05) is 6.42 Å². The Labute approximate surface area is 106 Å². The Morgan fingerprint density at radius 1 is 1.22 bits per heavy atom. The molecule has 0 bridgehead atoms. The van der Waals surface area contributed by atoms with Crippen molar-refractivity contribution in [2.75, 3.05) is 13.2 Å². The number of rotatable bonds is 8. The van der Waals surface area contributed by atoms with Crippen LogP contribution in [0.3, 0.4) is 0 Å². The van der Waals surface area contributed by atoms with Gasteiger partial charge in [0.25, 0.3) is 0 Å². The van der Waals surface area contributed by atoms with E-state index in [2.05, 4.69) is 10.8 Å². The Hall–Kier alpha value is -1.75. The number of ether oxygens (including phenoxy) is 2. The van der Waals surface area contributed by atoms with Gasteiger partial charge in [0.1, 0.15) is 11.5 Å². The molecule has 1 aromatic carbocycles. The number of hydrogen-bond donors (Lipinski definition) is 1. The summed E-state index contributed by atoms with van der Waals surface area (Å²) in [4.78, 5) is 10.1. The number of aliphatic hydroxyl groups excluding tert-OH is 1.